The summed E-state index contributed by atoms with van der Waals surface area (Å²) in [6.07, 6.45) is 3.32. The zero-order chi connectivity index (χ0) is 13.7. The van der Waals surface area contributed by atoms with Gasteiger partial charge in [-0.1, -0.05) is 35.5 Å². The van der Waals surface area contributed by atoms with Crippen LogP contribution in [0.1, 0.15) is 37.5 Å². The highest BCUT2D eigenvalue weighted by molar-refractivity contribution is 5.15. The predicted octanol–water partition coefficient (Wildman–Crippen LogP) is 2.52. The maximum absolute atomic E-state index is 5.93. The highest BCUT2D eigenvalue weighted by atomic mass is 16.5. The van der Waals surface area contributed by atoms with Crippen LogP contribution in [0, 0.1) is 0 Å². The van der Waals surface area contributed by atoms with E-state index in [0.29, 0.717) is 5.89 Å². The summed E-state index contributed by atoms with van der Waals surface area (Å²) in [5.74, 6) is 1.45. The molecule has 0 aliphatic heterocycles. The standard InChI is InChI=1S/C15H21N3O/c1-15(2,16)11-10-14-17-13(18-19-14)9-8-12-6-4-3-5-7-12/h3-7H,8-11,16H2,1-2H3. The van der Waals surface area contributed by atoms with E-state index >= 15 is 0 Å². The maximum Gasteiger partial charge on any atom is 0.226 e. The van der Waals surface area contributed by atoms with Crippen LogP contribution in [-0.4, -0.2) is 15.7 Å². The lowest BCUT2D eigenvalue weighted by Crippen LogP contribution is -2.32. The van der Waals surface area contributed by atoms with Crippen molar-refractivity contribution in [1.29, 1.82) is 0 Å². The van der Waals surface area contributed by atoms with Crippen LogP contribution < -0.4 is 5.73 Å². The van der Waals surface area contributed by atoms with Crippen molar-refractivity contribution in [2.45, 2.75) is 45.1 Å². The number of aryl methyl sites for hydroxylation is 3. The quantitative estimate of drug-likeness (QED) is 0.865. The van der Waals surface area contributed by atoms with E-state index in [1.165, 1.54) is 5.56 Å². The number of nitrogens with zero attached hydrogens (tertiary/aromatic N) is 2. The Balaban J connectivity index is 1.84. The molecule has 102 valence electrons. The van der Waals surface area contributed by atoms with Gasteiger partial charge in [0, 0.05) is 18.4 Å². The summed E-state index contributed by atoms with van der Waals surface area (Å²) in [5.41, 5.74) is 7.03. The van der Waals surface area contributed by atoms with Crippen molar-refractivity contribution in [2.75, 3.05) is 0 Å². The number of nitrogens with two attached hydrogens (primary N) is 1. The Bertz CT molecular complexity index is 500. The third kappa shape index (κ3) is 4.83. The van der Waals surface area contributed by atoms with Crippen molar-refractivity contribution in [3.05, 3.63) is 47.6 Å². The Hall–Kier alpha value is -1.68. The second kappa shape index (κ2) is 5.97. The first-order valence-corrected chi connectivity index (χ1v) is 6.67. The third-order valence-corrected chi connectivity index (χ3v) is 2.97. The summed E-state index contributed by atoms with van der Waals surface area (Å²) in [6.45, 7) is 4.00. The van der Waals surface area contributed by atoms with Gasteiger partial charge in [0.25, 0.3) is 0 Å². The van der Waals surface area contributed by atoms with Crippen LogP contribution in [0.4, 0.5) is 0 Å². The van der Waals surface area contributed by atoms with E-state index in [-0.39, 0.29) is 5.54 Å². The van der Waals surface area contributed by atoms with Crippen LogP contribution in [-0.2, 0) is 19.3 Å². The first kappa shape index (κ1) is 13.7. The molecule has 2 aromatic rings. The number of rotatable bonds is 6. The van der Waals surface area contributed by atoms with E-state index in [1.54, 1.807) is 0 Å². The lowest BCUT2D eigenvalue weighted by atomic mass is 10.0. The Morgan fingerprint density at radius 2 is 1.84 bits per heavy atom. The van der Waals surface area contributed by atoms with Gasteiger partial charge in [-0.25, -0.2) is 0 Å². The molecule has 0 saturated carbocycles. The molecule has 0 atom stereocenters. The van der Waals surface area contributed by atoms with Crippen molar-refractivity contribution < 1.29 is 4.52 Å². The summed E-state index contributed by atoms with van der Waals surface area (Å²) in [6, 6.07) is 10.3. The first-order valence-electron chi connectivity index (χ1n) is 6.67. The van der Waals surface area contributed by atoms with Crippen molar-refractivity contribution in [3.63, 3.8) is 0 Å². The molecule has 0 aliphatic carbocycles. The predicted molar refractivity (Wildman–Crippen MR) is 74.7 cm³/mol. The first-order chi connectivity index (χ1) is 9.03. The van der Waals surface area contributed by atoms with Gasteiger partial charge >= 0.3 is 0 Å². The number of hydrogen-bond donors (Lipinski definition) is 1. The second-order valence-electron chi connectivity index (χ2n) is 5.58. The molecule has 0 bridgehead atoms. The topological polar surface area (TPSA) is 64.9 Å². The highest BCUT2D eigenvalue weighted by Crippen LogP contribution is 2.10. The monoisotopic (exact) mass is 259 g/mol. The van der Waals surface area contributed by atoms with E-state index < -0.39 is 0 Å². The zero-order valence-electron chi connectivity index (χ0n) is 11.6. The van der Waals surface area contributed by atoms with Gasteiger partial charge in [-0.2, -0.15) is 4.98 Å². The van der Waals surface area contributed by atoms with Crippen LogP contribution in [0.25, 0.3) is 0 Å². The molecule has 0 spiro atoms. The van der Waals surface area contributed by atoms with Gasteiger partial charge in [-0.15, -0.1) is 0 Å². The second-order valence-corrected chi connectivity index (χ2v) is 5.58. The minimum absolute atomic E-state index is 0.196. The molecule has 19 heavy (non-hydrogen) atoms. The number of aromatic nitrogens is 2. The molecule has 0 unspecified atom stereocenters. The van der Waals surface area contributed by atoms with Gasteiger partial charge in [-0.05, 0) is 32.3 Å². The Morgan fingerprint density at radius 3 is 2.53 bits per heavy atom. The summed E-state index contributed by atoms with van der Waals surface area (Å²) >= 11 is 0. The molecule has 0 amide bonds. The lowest BCUT2D eigenvalue weighted by Gasteiger charge is -2.16. The van der Waals surface area contributed by atoms with Crippen molar-refractivity contribution >= 4 is 0 Å². The molecule has 0 fully saturated rings. The van der Waals surface area contributed by atoms with Crippen LogP contribution in [0.3, 0.4) is 0 Å². The van der Waals surface area contributed by atoms with Gasteiger partial charge in [0.2, 0.25) is 5.89 Å². The van der Waals surface area contributed by atoms with Crippen LogP contribution in [0.15, 0.2) is 34.9 Å². The molecule has 2 N–H and O–H groups in total. The summed E-state index contributed by atoms with van der Waals surface area (Å²) in [4.78, 5) is 4.40. The van der Waals surface area contributed by atoms with Crippen LogP contribution in [0.2, 0.25) is 0 Å². The number of benzene rings is 1. The number of hydrogen-bond acceptors (Lipinski definition) is 4. The Morgan fingerprint density at radius 1 is 1.11 bits per heavy atom. The summed E-state index contributed by atoms with van der Waals surface area (Å²) < 4.78 is 5.23. The van der Waals surface area contributed by atoms with Gasteiger partial charge < -0.3 is 10.3 Å². The average molecular weight is 259 g/mol. The molecule has 0 saturated heterocycles. The van der Waals surface area contributed by atoms with E-state index in [9.17, 15) is 0 Å². The van der Waals surface area contributed by atoms with Gasteiger partial charge in [0.15, 0.2) is 5.82 Å². The molecule has 1 aromatic carbocycles. The van der Waals surface area contributed by atoms with Gasteiger partial charge in [0.1, 0.15) is 0 Å². The minimum Gasteiger partial charge on any atom is -0.339 e. The smallest absolute Gasteiger partial charge is 0.226 e. The van der Waals surface area contributed by atoms with Crippen LogP contribution in [0.5, 0.6) is 0 Å². The maximum atomic E-state index is 5.93. The highest BCUT2D eigenvalue weighted by Gasteiger charge is 2.13. The fourth-order valence-corrected chi connectivity index (χ4v) is 1.82. The van der Waals surface area contributed by atoms with E-state index in [1.807, 2.05) is 32.0 Å². The molecule has 1 aromatic heterocycles. The van der Waals surface area contributed by atoms with E-state index in [2.05, 4.69) is 22.3 Å². The molecule has 2 rings (SSSR count). The Kier molecular flexibility index (Phi) is 4.32. The fourth-order valence-electron chi connectivity index (χ4n) is 1.82. The fraction of sp³-hybridized carbons (Fsp3) is 0.467. The SMILES string of the molecule is CC(C)(N)CCc1nc(CCc2ccccc2)no1. The van der Waals surface area contributed by atoms with E-state index in [0.717, 1.165) is 31.5 Å². The largest absolute Gasteiger partial charge is 0.339 e. The van der Waals surface area contributed by atoms with Crippen molar-refractivity contribution in [2.24, 2.45) is 5.73 Å². The third-order valence-electron chi connectivity index (χ3n) is 2.97. The zero-order valence-corrected chi connectivity index (χ0v) is 11.6. The molecular weight excluding hydrogens is 238 g/mol. The summed E-state index contributed by atoms with van der Waals surface area (Å²) in [5, 5.41) is 4.00. The van der Waals surface area contributed by atoms with Gasteiger partial charge in [0.05, 0.1) is 0 Å². The lowest BCUT2D eigenvalue weighted by molar-refractivity contribution is 0.354. The van der Waals surface area contributed by atoms with Crippen LogP contribution >= 0.6 is 0 Å². The van der Waals surface area contributed by atoms with Crippen molar-refractivity contribution in [1.82, 2.24) is 10.1 Å². The molecule has 4 heteroatoms. The Labute approximate surface area is 114 Å². The van der Waals surface area contributed by atoms with Crippen molar-refractivity contribution in [3.8, 4) is 0 Å². The minimum atomic E-state index is -0.196. The normalized spacial score (nSPS) is 11.7. The molecule has 1 heterocycles. The molecular formula is C15H21N3O. The molecule has 0 aliphatic rings. The average Bonchev–Trinajstić information content (AvgIpc) is 2.82. The summed E-state index contributed by atoms with van der Waals surface area (Å²) in [7, 11) is 0. The van der Waals surface area contributed by atoms with E-state index in [4.69, 9.17) is 10.3 Å². The molecule has 0 radical (unpaired) electrons. The molecule has 4 nitrogen and oxygen atoms in total. The van der Waals surface area contributed by atoms with Gasteiger partial charge in [-0.3, -0.25) is 0 Å².